The first-order valence-electron chi connectivity index (χ1n) is 5.64. The van der Waals surface area contributed by atoms with Crippen LogP contribution in [0.4, 0.5) is 0 Å². The molecule has 0 bridgehead atoms. The van der Waals surface area contributed by atoms with Crippen molar-refractivity contribution < 1.29 is 5.11 Å². The van der Waals surface area contributed by atoms with E-state index in [4.69, 9.17) is 0 Å². The van der Waals surface area contributed by atoms with E-state index in [1.54, 1.807) is 0 Å². The van der Waals surface area contributed by atoms with E-state index in [2.05, 4.69) is 11.9 Å². The molecule has 2 nitrogen and oxygen atoms in total. The standard InChI is InChI=1S/C11H21NO/c1-12(10-4-2-3-5-10)8-9-6-11(13)7-9/h9-11,13H,2-8H2,1H3. The Morgan fingerprint density at radius 3 is 2.38 bits per heavy atom. The van der Waals surface area contributed by atoms with Crippen molar-refractivity contribution in [1.82, 2.24) is 4.90 Å². The molecule has 13 heavy (non-hydrogen) atoms. The zero-order valence-corrected chi connectivity index (χ0v) is 8.58. The fraction of sp³-hybridized carbons (Fsp3) is 1.00. The molecule has 0 aromatic carbocycles. The van der Waals surface area contributed by atoms with Crippen LogP contribution < -0.4 is 0 Å². The van der Waals surface area contributed by atoms with Gasteiger partial charge < -0.3 is 10.0 Å². The van der Waals surface area contributed by atoms with Crippen LogP contribution >= 0.6 is 0 Å². The topological polar surface area (TPSA) is 23.5 Å². The summed E-state index contributed by atoms with van der Waals surface area (Å²) in [5, 5.41) is 9.18. The van der Waals surface area contributed by atoms with Gasteiger partial charge in [-0.1, -0.05) is 12.8 Å². The molecular formula is C11H21NO. The van der Waals surface area contributed by atoms with Gasteiger partial charge in [0.25, 0.3) is 0 Å². The van der Waals surface area contributed by atoms with Gasteiger partial charge in [0.2, 0.25) is 0 Å². The summed E-state index contributed by atoms with van der Waals surface area (Å²) in [5.41, 5.74) is 0. The van der Waals surface area contributed by atoms with Crippen molar-refractivity contribution in [2.45, 2.75) is 50.7 Å². The van der Waals surface area contributed by atoms with Crippen LogP contribution in [0.15, 0.2) is 0 Å². The van der Waals surface area contributed by atoms with Gasteiger partial charge in [0.05, 0.1) is 6.10 Å². The predicted octanol–water partition coefficient (Wildman–Crippen LogP) is 1.63. The SMILES string of the molecule is CN(CC1CC(O)C1)C1CCCC1. The summed E-state index contributed by atoms with van der Waals surface area (Å²) in [7, 11) is 2.25. The Morgan fingerprint density at radius 2 is 1.85 bits per heavy atom. The van der Waals surface area contributed by atoms with E-state index in [9.17, 15) is 5.11 Å². The van der Waals surface area contributed by atoms with Gasteiger partial charge in [-0.05, 0) is 38.6 Å². The molecule has 0 atom stereocenters. The van der Waals surface area contributed by atoms with E-state index in [1.165, 1.54) is 32.2 Å². The number of nitrogens with zero attached hydrogens (tertiary/aromatic N) is 1. The summed E-state index contributed by atoms with van der Waals surface area (Å²) in [6.45, 7) is 1.21. The minimum atomic E-state index is 0.0157. The van der Waals surface area contributed by atoms with Crippen molar-refractivity contribution in [2.24, 2.45) is 5.92 Å². The summed E-state index contributed by atoms with van der Waals surface area (Å²) in [4.78, 5) is 2.52. The van der Waals surface area contributed by atoms with Gasteiger partial charge in [-0.15, -0.1) is 0 Å². The van der Waals surface area contributed by atoms with Crippen LogP contribution in [-0.2, 0) is 0 Å². The second kappa shape index (κ2) is 3.97. The van der Waals surface area contributed by atoms with E-state index in [0.29, 0.717) is 0 Å². The molecule has 0 unspecified atom stereocenters. The lowest BCUT2D eigenvalue weighted by atomic mass is 9.82. The molecule has 0 heterocycles. The van der Waals surface area contributed by atoms with Crippen LogP contribution in [0.25, 0.3) is 0 Å². The lowest BCUT2D eigenvalue weighted by molar-refractivity contribution is 0.0224. The summed E-state index contributed by atoms with van der Waals surface area (Å²) >= 11 is 0. The molecule has 2 saturated carbocycles. The molecular weight excluding hydrogens is 162 g/mol. The van der Waals surface area contributed by atoms with Gasteiger partial charge in [0, 0.05) is 12.6 Å². The lowest BCUT2D eigenvalue weighted by Gasteiger charge is -2.36. The fourth-order valence-electron chi connectivity index (χ4n) is 2.75. The highest BCUT2D eigenvalue weighted by Gasteiger charge is 2.30. The number of rotatable bonds is 3. The van der Waals surface area contributed by atoms with E-state index in [1.807, 2.05) is 0 Å². The number of aliphatic hydroxyl groups excluding tert-OH is 1. The van der Waals surface area contributed by atoms with Gasteiger partial charge in [-0.2, -0.15) is 0 Å². The Bertz CT molecular complexity index is 159. The third-order valence-electron chi connectivity index (χ3n) is 3.71. The van der Waals surface area contributed by atoms with E-state index in [-0.39, 0.29) is 6.10 Å². The molecule has 0 radical (unpaired) electrons. The summed E-state index contributed by atoms with van der Waals surface area (Å²) in [5.74, 6) is 0.778. The Kier molecular flexibility index (Phi) is 2.89. The molecule has 0 aliphatic heterocycles. The first kappa shape index (κ1) is 9.47. The largest absolute Gasteiger partial charge is 0.393 e. The molecule has 2 fully saturated rings. The summed E-state index contributed by atoms with van der Waals surface area (Å²) in [6.07, 6.45) is 7.72. The molecule has 0 saturated heterocycles. The first-order valence-corrected chi connectivity index (χ1v) is 5.64. The molecule has 76 valence electrons. The molecule has 0 aromatic heterocycles. The van der Waals surface area contributed by atoms with Crippen molar-refractivity contribution in [3.63, 3.8) is 0 Å². The van der Waals surface area contributed by atoms with Crippen molar-refractivity contribution in [1.29, 1.82) is 0 Å². The Morgan fingerprint density at radius 1 is 1.23 bits per heavy atom. The highest BCUT2D eigenvalue weighted by Crippen LogP contribution is 2.30. The zero-order chi connectivity index (χ0) is 9.26. The van der Waals surface area contributed by atoms with Crippen LogP contribution in [0.2, 0.25) is 0 Å². The second-order valence-electron chi connectivity index (χ2n) is 4.87. The highest BCUT2D eigenvalue weighted by atomic mass is 16.3. The maximum Gasteiger partial charge on any atom is 0.0546 e. The van der Waals surface area contributed by atoms with Crippen LogP contribution in [0, 0.1) is 5.92 Å². The zero-order valence-electron chi connectivity index (χ0n) is 8.58. The molecule has 2 rings (SSSR count). The van der Waals surface area contributed by atoms with Crippen molar-refractivity contribution >= 4 is 0 Å². The smallest absolute Gasteiger partial charge is 0.0546 e. The van der Waals surface area contributed by atoms with Crippen molar-refractivity contribution in [2.75, 3.05) is 13.6 Å². The molecule has 0 aromatic rings. The van der Waals surface area contributed by atoms with Gasteiger partial charge in [-0.3, -0.25) is 0 Å². The van der Waals surface area contributed by atoms with Crippen molar-refractivity contribution in [3.05, 3.63) is 0 Å². The van der Waals surface area contributed by atoms with E-state index >= 15 is 0 Å². The Balaban J connectivity index is 1.68. The number of aliphatic hydroxyl groups is 1. The Hall–Kier alpha value is -0.0800. The lowest BCUT2D eigenvalue weighted by Crippen LogP contribution is -2.40. The van der Waals surface area contributed by atoms with E-state index in [0.717, 1.165) is 24.8 Å². The molecule has 2 aliphatic carbocycles. The van der Waals surface area contributed by atoms with Gasteiger partial charge in [0.15, 0.2) is 0 Å². The van der Waals surface area contributed by atoms with Gasteiger partial charge >= 0.3 is 0 Å². The number of hydrogen-bond donors (Lipinski definition) is 1. The molecule has 0 spiro atoms. The average molecular weight is 183 g/mol. The Labute approximate surface area is 80.9 Å². The molecule has 0 amide bonds. The quantitative estimate of drug-likeness (QED) is 0.719. The van der Waals surface area contributed by atoms with E-state index < -0.39 is 0 Å². The predicted molar refractivity (Wildman–Crippen MR) is 53.6 cm³/mol. The van der Waals surface area contributed by atoms with Gasteiger partial charge in [0.1, 0.15) is 0 Å². The third-order valence-corrected chi connectivity index (χ3v) is 3.71. The van der Waals surface area contributed by atoms with Crippen LogP contribution in [-0.4, -0.2) is 35.7 Å². The van der Waals surface area contributed by atoms with Crippen LogP contribution in [0.1, 0.15) is 38.5 Å². The minimum Gasteiger partial charge on any atom is -0.393 e. The average Bonchev–Trinajstić information content (AvgIpc) is 2.53. The summed E-state index contributed by atoms with van der Waals surface area (Å²) in [6, 6.07) is 0.845. The normalized spacial score (nSPS) is 35.3. The van der Waals surface area contributed by atoms with Crippen LogP contribution in [0.5, 0.6) is 0 Å². The molecule has 1 N–H and O–H groups in total. The summed E-state index contributed by atoms with van der Waals surface area (Å²) < 4.78 is 0. The number of hydrogen-bond acceptors (Lipinski definition) is 2. The first-order chi connectivity index (χ1) is 6.25. The fourth-order valence-corrected chi connectivity index (χ4v) is 2.75. The molecule has 2 heteroatoms. The van der Waals surface area contributed by atoms with Gasteiger partial charge in [-0.25, -0.2) is 0 Å². The van der Waals surface area contributed by atoms with Crippen molar-refractivity contribution in [3.8, 4) is 0 Å². The maximum atomic E-state index is 9.18. The van der Waals surface area contributed by atoms with Crippen LogP contribution in [0.3, 0.4) is 0 Å². The minimum absolute atomic E-state index is 0.0157. The monoisotopic (exact) mass is 183 g/mol. The third kappa shape index (κ3) is 2.23. The molecule has 2 aliphatic rings. The second-order valence-corrected chi connectivity index (χ2v) is 4.87. The highest BCUT2D eigenvalue weighted by molar-refractivity contribution is 4.83. The maximum absolute atomic E-state index is 9.18.